The molecule has 3 heterocycles. The van der Waals surface area contributed by atoms with Crippen molar-refractivity contribution < 1.29 is 4.79 Å². The Morgan fingerprint density at radius 1 is 1.04 bits per heavy atom. The van der Waals surface area contributed by atoms with Gasteiger partial charge in [-0.05, 0) is 34.7 Å². The van der Waals surface area contributed by atoms with Crippen LogP contribution in [0.25, 0.3) is 0 Å². The monoisotopic (exact) mass is 378 g/mol. The molecule has 0 saturated carbocycles. The first-order valence-corrected chi connectivity index (χ1v) is 10.2. The van der Waals surface area contributed by atoms with E-state index >= 15 is 0 Å². The number of urea groups is 1. The lowest BCUT2D eigenvalue weighted by molar-refractivity contribution is 0.101. The molecule has 2 amide bonds. The van der Waals surface area contributed by atoms with Crippen LogP contribution in [0, 0.1) is 5.41 Å². The normalized spacial score (nSPS) is 18.5. The Labute approximate surface area is 167 Å². The number of carbonyl (C=O) groups excluding carboxylic acids is 1. The van der Waals surface area contributed by atoms with E-state index in [-0.39, 0.29) is 6.03 Å². The van der Waals surface area contributed by atoms with E-state index in [9.17, 15) is 4.79 Å². The Bertz CT molecular complexity index is 801. The third kappa shape index (κ3) is 4.36. The number of hydrogen-bond donors (Lipinski definition) is 1. The average Bonchev–Trinajstić information content (AvgIpc) is 2.57. The highest BCUT2D eigenvalue weighted by Crippen LogP contribution is 2.31. The zero-order chi connectivity index (χ0) is 19.7. The molecule has 2 fully saturated rings. The van der Waals surface area contributed by atoms with Crippen LogP contribution in [0.1, 0.15) is 43.7 Å². The smallest absolute Gasteiger partial charge is 0.321 e. The number of amides is 2. The van der Waals surface area contributed by atoms with Crippen molar-refractivity contribution in [2.75, 3.05) is 38.0 Å². The van der Waals surface area contributed by atoms with Gasteiger partial charge in [0.05, 0.1) is 0 Å². The van der Waals surface area contributed by atoms with Crippen molar-refractivity contribution in [3.8, 4) is 0 Å². The van der Waals surface area contributed by atoms with Gasteiger partial charge >= 0.3 is 6.03 Å². The summed E-state index contributed by atoms with van der Waals surface area (Å²) in [7, 11) is 0. The average molecular weight is 379 g/mol. The molecule has 2 saturated heterocycles. The standard InChI is InChI=1S/C23H30N4O/c1-23(2,3)16-26-12-19(13-26)17-6-8-21(9-7-17)25-22(28)27-14-20(15-27)18-5-4-10-24-11-18/h4-11,19-20H,12-16H2,1-3H3,(H,25,28). The maximum Gasteiger partial charge on any atom is 0.321 e. The van der Waals surface area contributed by atoms with E-state index in [1.54, 1.807) is 6.20 Å². The summed E-state index contributed by atoms with van der Waals surface area (Å²) >= 11 is 0. The largest absolute Gasteiger partial charge is 0.323 e. The van der Waals surface area contributed by atoms with Gasteiger partial charge in [0.2, 0.25) is 0 Å². The minimum absolute atomic E-state index is 0.0205. The second-order valence-electron chi connectivity index (χ2n) is 9.39. The van der Waals surface area contributed by atoms with Crippen LogP contribution in [-0.4, -0.2) is 53.5 Å². The van der Waals surface area contributed by atoms with Crippen molar-refractivity contribution in [2.24, 2.45) is 5.41 Å². The summed E-state index contributed by atoms with van der Waals surface area (Å²) in [6.07, 6.45) is 3.67. The van der Waals surface area contributed by atoms with Crippen molar-refractivity contribution >= 4 is 11.7 Å². The topological polar surface area (TPSA) is 48.5 Å². The summed E-state index contributed by atoms with van der Waals surface area (Å²) < 4.78 is 0. The molecule has 1 aromatic heterocycles. The molecule has 4 rings (SSSR count). The quantitative estimate of drug-likeness (QED) is 0.869. The fraction of sp³-hybridized carbons (Fsp3) is 0.478. The fourth-order valence-corrected chi connectivity index (χ4v) is 4.09. The molecule has 2 aliphatic rings. The molecule has 148 valence electrons. The van der Waals surface area contributed by atoms with E-state index < -0.39 is 0 Å². The van der Waals surface area contributed by atoms with Gasteiger partial charge in [-0.3, -0.25) is 4.98 Å². The lowest BCUT2D eigenvalue weighted by Crippen LogP contribution is -2.50. The molecule has 1 aromatic carbocycles. The Morgan fingerprint density at radius 3 is 2.32 bits per heavy atom. The molecular weight excluding hydrogens is 348 g/mol. The van der Waals surface area contributed by atoms with Gasteiger partial charge < -0.3 is 15.1 Å². The Morgan fingerprint density at radius 2 is 1.71 bits per heavy atom. The predicted octanol–water partition coefficient (Wildman–Crippen LogP) is 4.16. The molecule has 0 aliphatic carbocycles. The number of hydrogen-bond acceptors (Lipinski definition) is 3. The van der Waals surface area contributed by atoms with Gasteiger partial charge in [0.1, 0.15) is 0 Å². The van der Waals surface area contributed by atoms with Crippen molar-refractivity contribution in [1.29, 1.82) is 0 Å². The van der Waals surface area contributed by atoms with E-state index in [1.165, 1.54) is 11.1 Å². The minimum atomic E-state index is -0.0205. The van der Waals surface area contributed by atoms with Gasteiger partial charge in [-0.25, -0.2) is 4.79 Å². The summed E-state index contributed by atoms with van der Waals surface area (Å²) in [5.74, 6) is 1.01. The van der Waals surface area contributed by atoms with E-state index in [0.29, 0.717) is 17.3 Å². The van der Waals surface area contributed by atoms with E-state index in [4.69, 9.17) is 0 Å². The first-order chi connectivity index (χ1) is 13.4. The number of pyridine rings is 1. The number of likely N-dealkylation sites (tertiary alicyclic amines) is 2. The van der Waals surface area contributed by atoms with Gasteiger partial charge in [-0.2, -0.15) is 0 Å². The van der Waals surface area contributed by atoms with Crippen LogP contribution < -0.4 is 5.32 Å². The highest BCUT2D eigenvalue weighted by molar-refractivity contribution is 5.90. The molecule has 0 spiro atoms. The third-order valence-corrected chi connectivity index (χ3v) is 5.61. The Hall–Kier alpha value is -2.40. The van der Waals surface area contributed by atoms with Gasteiger partial charge in [0, 0.05) is 62.6 Å². The second-order valence-corrected chi connectivity index (χ2v) is 9.39. The number of rotatable bonds is 4. The zero-order valence-corrected chi connectivity index (χ0v) is 17.1. The van der Waals surface area contributed by atoms with Crippen molar-refractivity contribution in [1.82, 2.24) is 14.8 Å². The first-order valence-electron chi connectivity index (χ1n) is 10.2. The van der Waals surface area contributed by atoms with Gasteiger partial charge in [0.15, 0.2) is 0 Å². The lowest BCUT2D eigenvalue weighted by Gasteiger charge is -2.43. The molecule has 28 heavy (non-hydrogen) atoms. The van der Waals surface area contributed by atoms with Crippen LogP contribution in [0.3, 0.4) is 0 Å². The van der Waals surface area contributed by atoms with E-state index in [2.05, 4.69) is 54.2 Å². The van der Waals surface area contributed by atoms with Crippen molar-refractivity contribution in [3.63, 3.8) is 0 Å². The molecule has 0 atom stereocenters. The molecular formula is C23H30N4O. The van der Waals surface area contributed by atoms with Crippen molar-refractivity contribution in [3.05, 3.63) is 59.9 Å². The van der Waals surface area contributed by atoms with Crippen LogP contribution >= 0.6 is 0 Å². The van der Waals surface area contributed by atoms with Crippen molar-refractivity contribution in [2.45, 2.75) is 32.6 Å². The molecule has 5 heteroatoms. The van der Waals surface area contributed by atoms with Crippen LogP contribution in [0.15, 0.2) is 48.8 Å². The van der Waals surface area contributed by atoms with E-state index in [0.717, 1.165) is 38.4 Å². The SMILES string of the molecule is CC(C)(C)CN1CC(c2ccc(NC(=O)N3CC(c4cccnc4)C3)cc2)C1. The van der Waals surface area contributed by atoms with E-state index in [1.807, 2.05) is 29.3 Å². The summed E-state index contributed by atoms with van der Waals surface area (Å²) in [6, 6.07) is 12.4. The number of benzene rings is 1. The summed E-state index contributed by atoms with van der Waals surface area (Å²) in [4.78, 5) is 21.0. The molecule has 0 unspecified atom stereocenters. The highest BCUT2D eigenvalue weighted by Gasteiger charge is 2.32. The summed E-state index contributed by atoms with van der Waals surface area (Å²) in [5.41, 5.74) is 3.79. The molecule has 1 N–H and O–H groups in total. The number of anilines is 1. The van der Waals surface area contributed by atoms with Crippen LogP contribution in [0.4, 0.5) is 10.5 Å². The number of carbonyl (C=O) groups is 1. The Balaban J connectivity index is 1.24. The fourth-order valence-electron chi connectivity index (χ4n) is 4.09. The molecule has 0 radical (unpaired) electrons. The molecule has 2 aromatic rings. The molecule has 0 bridgehead atoms. The highest BCUT2D eigenvalue weighted by atomic mass is 16.2. The summed E-state index contributed by atoms with van der Waals surface area (Å²) in [5, 5.41) is 3.02. The lowest BCUT2D eigenvalue weighted by atomic mass is 9.87. The maximum atomic E-state index is 12.4. The second kappa shape index (κ2) is 7.55. The molecule has 2 aliphatic heterocycles. The van der Waals surface area contributed by atoms with Crippen LogP contribution in [0.5, 0.6) is 0 Å². The maximum absolute atomic E-state index is 12.4. The first kappa shape index (κ1) is 18.9. The Kier molecular flexibility index (Phi) is 5.11. The van der Waals surface area contributed by atoms with Gasteiger partial charge in [-0.1, -0.05) is 39.0 Å². The van der Waals surface area contributed by atoms with Crippen LogP contribution in [0.2, 0.25) is 0 Å². The van der Waals surface area contributed by atoms with Gasteiger partial charge in [-0.15, -0.1) is 0 Å². The van der Waals surface area contributed by atoms with Gasteiger partial charge in [0.25, 0.3) is 0 Å². The zero-order valence-electron chi connectivity index (χ0n) is 17.1. The minimum Gasteiger partial charge on any atom is -0.323 e. The number of nitrogens with zero attached hydrogens (tertiary/aromatic N) is 3. The summed E-state index contributed by atoms with van der Waals surface area (Å²) in [6.45, 7) is 11.8. The van der Waals surface area contributed by atoms with Crippen LogP contribution in [-0.2, 0) is 0 Å². The number of nitrogens with one attached hydrogen (secondary N) is 1. The molecule has 5 nitrogen and oxygen atoms in total. The predicted molar refractivity (Wildman–Crippen MR) is 113 cm³/mol. The number of aromatic nitrogens is 1. The third-order valence-electron chi connectivity index (χ3n) is 5.61.